The van der Waals surface area contributed by atoms with Gasteiger partial charge in [-0.1, -0.05) is 19.8 Å². The minimum atomic E-state index is -0.556. The van der Waals surface area contributed by atoms with Gasteiger partial charge in [0.25, 0.3) is 0 Å². The van der Waals surface area contributed by atoms with Crippen LogP contribution in [0.5, 0.6) is 5.75 Å². The van der Waals surface area contributed by atoms with Gasteiger partial charge in [-0.25, -0.2) is 4.39 Å². The van der Waals surface area contributed by atoms with Gasteiger partial charge in [-0.3, -0.25) is 4.79 Å². The fraction of sp³-hybridized carbons (Fsp3) is 0.462. The number of rotatable bonds is 6. The van der Waals surface area contributed by atoms with E-state index in [1.54, 1.807) is 0 Å². The molecule has 0 radical (unpaired) electrons. The van der Waals surface area contributed by atoms with Gasteiger partial charge in [0.2, 0.25) is 5.91 Å². The van der Waals surface area contributed by atoms with E-state index < -0.39 is 11.9 Å². The number of carbonyl (C=O) groups excluding carboxylic acids is 1. The molecule has 1 rings (SSSR count). The van der Waals surface area contributed by atoms with Gasteiger partial charge in [0.05, 0.1) is 18.8 Å². The van der Waals surface area contributed by atoms with Crippen molar-refractivity contribution < 1.29 is 13.9 Å². The second-order valence-electron chi connectivity index (χ2n) is 4.08. The molecule has 0 saturated carbocycles. The Kier molecular flexibility index (Phi) is 5.58. The summed E-state index contributed by atoms with van der Waals surface area (Å²) in [5.41, 5.74) is 6.17. The molecule has 1 amide bonds. The average molecular weight is 254 g/mol. The van der Waals surface area contributed by atoms with E-state index in [-0.39, 0.29) is 11.7 Å². The van der Waals surface area contributed by atoms with Crippen molar-refractivity contribution in [3.8, 4) is 5.75 Å². The standard InChI is InChI=1S/C13H19FN2O2/c1-3-4-5-10(15)13(17)16-11-7-6-9(14)8-12(11)18-2/h6-8,10H,3-5,15H2,1-2H3,(H,16,17). The van der Waals surface area contributed by atoms with Gasteiger partial charge >= 0.3 is 0 Å². The number of unbranched alkanes of at least 4 members (excludes halogenated alkanes) is 1. The summed E-state index contributed by atoms with van der Waals surface area (Å²) in [6, 6.07) is 3.38. The van der Waals surface area contributed by atoms with Crippen LogP contribution >= 0.6 is 0 Å². The van der Waals surface area contributed by atoms with Crippen LogP contribution in [0.2, 0.25) is 0 Å². The highest BCUT2D eigenvalue weighted by Crippen LogP contribution is 2.25. The van der Waals surface area contributed by atoms with Crippen LogP contribution < -0.4 is 15.8 Å². The minimum Gasteiger partial charge on any atom is -0.494 e. The fourth-order valence-electron chi connectivity index (χ4n) is 1.55. The number of ether oxygens (including phenoxy) is 1. The summed E-state index contributed by atoms with van der Waals surface area (Å²) in [5.74, 6) is -0.417. The molecule has 0 fully saturated rings. The van der Waals surface area contributed by atoms with Crippen LogP contribution in [-0.2, 0) is 4.79 Å². The molecule has 4 nitrogen and oxygen atoms in total. The highest BCUT2D eigenvalue weighted by atomic mass is 19.1. The van der Waals surface area contributed by atoms with Crippen LogP contribution in [-0.4, -0.2) is 19.1 Å². The first-order chi connectivity index (χ1) is 8.58. The molecule has 0 aliphatic heterocycles. The maximum Gasteiger partial charge on any atom is 0.241 e. The highest BCUT2D eigenvalue weighted by Gasteiger charge is 2.15. The van der Waals surface area contributed by atoms with Crippen LogP contribution in [0.25, 0.3) is 0 Å². The van der Waals surface area contributed by atoms with E-state index in [2.05, 4.69) is 5.32 Å². The van der Waals surface area contributed by atoms with E-state index >= 15 is 0 Å². The highest BCUT2D eigenvalue weighted by molar-refractivity contribution is 5.95. The van der Waals surface area contributed by atoms with Gasteiger partial charge in [-0.05, 0) is 18.6 Å². The summed E-state index contributed by atoms with van der Waals surface area (Å²) >= 11 is 0. The molecular formula is C13H19FN2O2. The Morgan fingerprint density at radius 1 is 1.56 bits per heavy atom. The second-order valence-corrected chi connectivity index (χ2v) is 4.08. The Labute approximate surface area is 106 Å². The zero-order chi connectivity index (χ0) is 13.5. The minimum absolute atomic E-state index is 0.283. The molecule has 18 heavy (non-hydrogen) atoms. The number of nitrogens with two attached hydrogens (primary N) is 1. The molecule has 0 spiro atoms. The number of halogens is 1. The predicted molar refractivity (Wildman–Crippen MR) is 69.1 cm³/mol. The number of hydrogen-bond donors (Lipinski definition) is 2. The van der Waals surface area contributed by atoms with Crippen LogP contribution in [0.1, 0.15) is 26.2 Å². The van der Waals surface area contributed by atoms with Crippen LogP contribution in [0.15, 0.2) is 18.2 Å². The van der Waals surface area contributed by atoms with E-state index in [9.17, 15) is 9.18 Å². The Bertz CT molecular complexity index is 410. The number of benzene rings is 1. The number of nitrogens with one attached hydrogen (secondary N) is 1. The molecule has 1 unspecified atom stereocenters. The largest absolute Gasteiger partial charge is 0.494 e. The Morgan fingerprint density at radius 2 is 2.28 bits per heavy atom. The number of hydrogen-bond acceptors (Lipinski definition) is 3. The third-order valence-electron chi connectivity index (χ3n) is 2.63. The van der Waals surface area contributed by atoms with E-state index in [0.29, 0.717) is 12.1 Å². The van der Waals surface area contributed by atoms with Crippen molar-refractivity contribution in [2.24, 2.45) is 5.73 Å². The Hall–Kier alpha value is -1.62. The SMILES string of the molecule is CCCCC(N)C(=O)Nc1ccc(F)cc1OC. The molecule has 100 valence electrons. The monoisotopic (exact) mass is 254 g/mol. The molecule has 0 aromatic heterocycles. The van der Waals surface area contributed by atoms with Gasteiger partial charge in [-0.2, -0.15) is 0 Å². The van der Waals surface area contributed by atoms with Crippen LogP contribution in [0.3, 0.4) is 0 Å². The van der Waals surface area contributed by atoms with Crippen molar-refractivity contribution in [3.05, 3.63) is 24.0 Å². The van der Waals surface area contributed by atoms with Gasteiger partial charge in [0.1, 0.15) is 11.6 Å². The molecule has 0 aliphatic carbocycles. The summed E-state index contributed by atoms with van der Waals surface area (Å²) in [6.45, 7) is 2.04. The Morgan fingerprint density at radius 3 is 2.89 bits per heavy atom. The Balaban J connectivity index is 2.69. The molecule has 1 aromatic rings. The lowest BCUT2D eigenvalue weighted by atomic mass is 10.1. The van der Waals surface area contributed by atoms with Gasteiger partial charge in [-0.15, -0.1) is 0 Å². The molecule has 0 aliphatic rings. The third kappa shape index (κ3) is 4.00. The predicted octanol–water partition coefficient (Wildman–Crippen LogP) is 2.29. The number of methoxy groups -OCH3 is 1. The lowest BCUT2D eigenvalue weighted by Gasteiger charge is -2.14. The van der Waals surface area contributed by atoms with Gasteiger partial charge in [0, 0.05) is 6.07 Å². The summed E-state index contributed by atoms with van der Waals surface area (Å²) < 4.78 is 18.0. The maximum absolute atomic E-state index is 13.0. The first-order valence-corrected chi connectivity index (χ1v) is 5.98. The summed E-state index contributed by atoms with van der Waals surface area (Å²) in [6.07, 6.45) is 2.52. The summed E-state index contributed by atoms with van der Waals surface area (Å²) in [7, 11) is 1.42. The maximum atomic E-state index is 13.0. The molecule has 0 heterocycles. The van der Waals surface area contributed by atoms with Crippen molar-refractivity contribution in [1.29, 1.82) is 0 Å². The van der Waals surface area contributed by atoms with Crippen molar-refractivity contribution in [3.63, 3.8) is 0 Å². The number of anilines is 1. The van der Waals surface area contributed by atoms with Crippen LogP contribution in [0.4, 0.5) is 10.1 Å². The zero-order valence-electron chi connectivity index (χ0n) is 10.7. The number of amides is 1. The summed E-state index contributed by atoms with van der Waals surface area (Å²) in [5, 5.41) is 2.64. The lowest BCUT2D eigenvalue weighted by Crippen LogP contribution is -2.35. The molecule has 5 heteroatoms. The quantitative estimate of drug-likeness (QED) is 0.818. The van der Waals surface area contributed by atoms with E-state index in [1.807, 2.05) is 6.92 Å². The van der Waals surface area contributed by atoms with Crippen molar-refractivity contribution in [2.45, 2.75) is 32.2 Å². The average Bonchev–Trinajstić information content (AvgIpc) is 2.37. The molecule has 3 N–H and O–H groups in total. The fourth-order valence-corrected chi connectivity index (χ4v) is 1.55. The number of carbonyl (C=O) groups is 1. The van der Waals surface area contributed by atoms with Gasteiger partial charge in [0.15, 0.2) is 0 Å². The van der Waals surface area contributed by atoms with E-state index in [1.165, 1.54) is 25.3 Å². The van der Waals surface area contributed by atoms with Crippen molar-refractivity contribution in [2.75, 3.05) is 12.4 Å². The van der Waals surface area contributed by atoms with E-state index in [4.69, 9.17) is 10.5 Å². The molecule has 1 aromatic carbocycles. The third-order valence-corrected chi connectivity index (χ3v) is 2.63. The normalized spacial score (nSPS) is 12.0. The summed E-state index contributed by atoms with van der Waals surface area (Å²) in [4.78, 5) is 11.8. The second kappa shape index (κ2) is 6.96. The lowest BCUT2D eigenvalue weighted by molar-refractivity contribution is -0.117. The zero-order valence-corrected chi connectivity index (χ0v) is 10.7. The molecule has 1 atom stereocenters. The first kappa shape index (κ1) is 14.4. The smallest absolute Gasteiger partial charge is 0.241 e. The van der Waals surface area contributed by atoms with E-state index in [0.717, 1.165) is 12.8 Å². The van der Waals surface area contributed by atoms with Crippen LogP contribution in [0, 0.1) is 5.82 Å². The molecule has 0 saturated heterocycles. The topological polar surface area (TPSA) is 64.4 Å². The first-order valence-electron chi connectivity index (χ1n) is 5.98. The van der Waals surface area contributed by atoms with Gasteiger partial charge < -0.3 is 15.8 Å². The molecular weight excluding hydrogens is 235 g/mol. The molecule has 0 bridgehead atoms. The van der Waals surface area contributed by atoms with Crippen molar-refractivity contribution >= 4 is 11.6 Å². The van der Waals surface area contributed by atoms with Crippen molar-refractivity contribution in [1.82, 2.24) is 0 Å².